The van der Waals surface area contributed by atoms with Crippen LogP contribution in [0.5, 0.6) is 0 Å². The Morgan fingerprint density at radius 2 is 1.76 bits per heavy atom. The van der Waals surface area contributed by atoms with E-state index in [0.717, 1.165) is 53.6 Å². The van der Waals surface area contributed by atoms with E-state index < -0.39 is 23.8 Å². The van der Waals surface area contributed by atoms with Crippen LogP contribution in [-0.2, 0) is 31.9 Å². The Morgan fingerprint density at radius 3 is 2.40 bits per heavy atom. The third kappa shape index (κ3) is 6.29. The van der Waals surface area contributed by atoms with Gasteiger partial charge in [-0.05, 0) is 80.7 Å². The first-order valence-electron chi connectivity index (χ1n) is 14.8. The summed E-state index contributed by atoms with van der Waals surface area (Å²) < 4.78 is 10.8. The molecule has 1 aliphatic carbocycles. The van der Waals surface area contributed by atoms with Crippen LogP contribution in [0.25, 0.3) is 11.1 Å². The summed E-state index contributed by atoms with van der Waals surface area (Å²) in [5.74, 6) is -0.146. The zero-order valence-corrected chi connectivity index (χ0v) is 24.9. The van der Waals surface area contributed by atoms with Crippen LogP contribution < -0.4 is 10.2 Å². The minimum Gasteiger partial charge on any atom is -0.444 e. The first kappa shape index (κ1) is 29.6. The molecule has 2 bridgehead atoms. The lowest BCUT2D eigenvalue weighted by Crippen LogP contribution is -2.64. The first-order chi connectivity index (χ1) is 20.1. The van der Waals surface area contributed by atoms with Crippen LogP contribution in [0.3, 0.4) is 0 Å². The van der Waals surface area contributed by atoms with Gasteiger partial charge < -0.3 is 19.7 Å². The van der Waals surface area contributed by atoms with Crippen molar-refractivity contribution >= 4 is 23.6 Å². The van der Waals surface area contributed by atoms with Gasteiger partial charge in [0.2, 0.25) is 11.8 Å². The van der Waals surface area contributed by atoms with E-state index in [2.05, 4.69) is 11.4 Å². The monoisotopic (exact) mass is 572 g/mol. The number of hydrogen-bond donors (Lipinski definition) is 1. The van der Waals surface area contributed by atoms with E-state index in [1.807, 2.05) is 63.2 Å². The molecule has 1 N–H and O–H groups in total. The standard InChI is InChI=1S/C33H40N4O5/c1-33(2,3)42-32(40)37-27-13-11-23(12-14-27)30(37)31(39)35-26(20-34)17-21-5-7-22(8-6-21)24-9-10-25-19-29(38)36(15-16-41-4)28(25)18-24/h5-10,18,23,26-27,30H,11-17,19H2,1-4H3,(H,35,39)/t23?,26-,27?,30-/m0/s1. The van der Waals surface area contributed by atoms with Crippen molar-refractivity contribution in [2.24, 2.45) is 5.92 Å². The molecule has 6 rings (SSSR count). The van der Waals surface area contributed by atoms with Gasteiger partial charge in [-0.2, -0.15) is 5.26 Å². The number of amides is 3. The van der Waals surface area contributed by atoms with Gasteiger partial charge in [0.15, 0.2) is 0 Å². The highest BCUT2D eigenvalue weighted by atomic mass is 16.6. The van der Waals surface area contributed by atoms with Gasteiger partial charge in [0.1, 0.15) is 17.7 Å². The Morgan fingerprint density at radius 1 is 1.07 bits per heavy atom. The van der Waals surface area contributed by atoms with Gasteiger partial charge in [-0.25, -0.2) is 4.79 Å². The van der Waals surface area contributed by atoms with Crippen molar-refractivity contribution in [1.29, 1.82) is 5.26 Å². The number of benzene rings is 2. The molecule has 3 fully saturated rings. The van der Waals surface area contributed by atoms with Crippen molar-refractivity contribution in [2.75, 3.05) is 25.2 Å². The molecule has 0 unspecified atom stereocenters. The van der Waals surface area contributed by atoms with E-state index in [0.29, 0.717) is 26.0 Å². The van der Waals surface area contributed by atoms with E-state index in [9.17, 15) is 19.6 Å². The predicted molar refractivity (Wildman–Crippen MR) is 159 cm³/mol. The molecule has 222 valence electrons. The summed E-state index contributed by atoms with van der Waals surface area (Å²) in [5.41, 5.74) is 4.19. The maximum atomic E-state index is 13.5. The molecule has 2 atom stereocenters. The molecule has 3 heterocycles. The zero-order chi connectivity index (χ0) is 30.0. The number of ether oxygens (including phenoxy) is 2. The van der Waals surface area contributed by atoms with Crippen molar-refractivity contribution in [3.05, 3.63) is 53.6 Å². The number of rotatable bonds is 8. The second-order valence-corrected chi connectivity index (χ2v) is 12.6. The van der Waals surface area contributed by atoms with Gasteiger partial charge >= 0.3 is 6.09 Å². The lowest BCUT2D eigenvalue weighted by Gasteiger charge is -2.50. The second kappa shape index (κ2) is 12.1. The van der Waals surface area contributed by atoms with Crippen LogP contribution in [0.4, 0.5) is 10.5 Å². The van der Waals surface area contributed by atoms with Crippen LogP contribution in [0.2, 0.25) is 0 Å². The lowest BCUT2D eigenvalue weighted by molar-refractivity contribution is -0.135. The van der Waals surface area contributed by atoms with Crippen molar-refractivity contribution < 1.29 is 23.9 Å². The summed E-state index contributed by atoms with van der Waals surface area (Å²) in [6, 6.07) is 14.8. The molecule has 0 radical (unpaired) electrons. The molecule has 4 aliphatic rings. The highest BCUT2D eigenvalue weighted by molar-refractivity contribution is 6.02. The van der Waals surface area contributed by atoms with Gasteiger partial charge in [0.05, 0.1) is 19.1 Å². The summed E-state index contributed by atoms with van der Waals surface area (Å²) in [7, 11) is 1.63. The van der Waals surface area contributed by atoms with E-state index in [1.165, 1.54) is 0 Å². The number of carbonyl (C=O) groups excluding carboxylic acids is 3. The minimum atomic E-state index is -0.732. The summed E-state index contributed by atoms with van der Waals surface area (Å²) in [4.78, 5) is 42.5. The fraction of sp³-hybridized carbons (Fsp3) is 0.515. The molecule has 0 spiro atoms. The molecule has 2 saturated heterocycles. The third-order valence-electron chi connectivity index (χ3n) is 8.49. The average Bonchev–Trinajstić information content (AvgIpc) is 3.29. The van der Waals surface area contributed by atoms with Gasteiger partial charge in [-0.15, -0.1) is 0 Å². The zero-order valence-electron chi connectivity index (χ0n) is 24.9. The third-order valence-corrected chi connectivity index (χ3v) is 8.49. The fourth-order valence-corrected chi connectivity index (χ4v) is 6.49. The molecular formula is C33H40N4O5. The van der Waals surface area contributed by atoms with Crippen molar-refractivity contribution in [2.45, 2.75) is 83.0 Å². The Bertz CT molecular complexity index is 1370. The Balaban J connectivity index is 1.26. The normalized spacial score (nSPS) is 22.0. The van der Waals surface area contributed by atoms with E-state index in [4.69, 9.17) is 9.47 Å². The first-order valence-corrected chi connectivity index (χ1v) is 14.8. The number of methoxy groups -OCH3 is 1. The number of nitrogens with one attached hydrogen (secondary N) is 1. The van der Waals surface area contributed by atoms with Crippen LogP contribution in [0, 0.1) is 17.2 Å². The van der Waals surface area contributed by atoms with Crippen LogP contribution in [-0.4, -0.2) is 66.8 Å². The number of nitriles is 1. The SMILES string of the molecule is COCCN1C(=O)Cc2ccc(-c3ccc(C[C@@H](C#N)NC(=O)[C@@H]4C5CCC(CC5)N4C(=O)OC(C)(C)C)cc3)cc21. The maximum absolute atomic E-state index is 13.5. The van der Waals surface area contributed by atoms with Gasteiger partial charge in [0, 0.05) is 31.8 Å². The quantitative estimate of drug-likeness (QED) is 0.494. The highest BCUT2D eigenvalue weighted by Crippen LogP contribution is 2.40. The largest absolute Gasteiger partial charge is 0.444 e. The molecular weight excluding hydrogens is 532 g/mol. The van der Waals surface area contributed by atoms with E-state index >= 15 is 0 Å². The highest BCUT2D eigenvalue weighted by Gasteiger charge is 2.49. The average molecular weight is 573 g/mol. The summed E-state index contributed by atoms with van der Waals surface area (Å²) in [5, 5.41) is 12.8. The van der Waals surface area contributed by atoms with Crippen molar-refractivity contribution in [1.82, 2.24) is 10.2 Å². The summed E-state index contributed by atoms with van der Waals surface area (Å²) in [6.07, 6.45) is 3.81. The number of nitrogens with zero attached hydrogens (tertiary/aromatic N) is 3. The molecule has 42 heavy (non-hydrogen) atoms. The minimum absolute atomic E-state index is 0.0157. The second-order valence-electron chi connectivity index (χ2n) is 12.6. The number of carbonyl (C=O) groups is 3. The summed E-state index contributed by atoms with van der Waals surface area (Å²) in [6.45, 7) is 6.46. The molecule has 2 aromatic carbocycles. The maximum Gasteiger partial charge on any atom is 0.411 e. The van der Waals surface area contributed by atoms with Crippen molar-refractivity contribution in [3.63, 3.8) is 0 Å². The Hall–Kier alpha value is -3.90. The molecule has 3 amide bonds. The molecule has 9 nitrogen and oxygen atoms in total. The topological polar surface area (TPSA) is 112 Å². The predicted octanol–water partition coefficient (Wildman–Crippen LogP) is 4.62. The summed E-state index contributed by atoms with van der Waals surface area (Å²) >= 11 is 0. The molecule has 9 heteroatoms. The van der Waals surface area contributed by atoms with Crippen LogP contribution in [0.15, 0.2) is 42.5 Å². The number of fused-ring (bicyclic) bond motifs is 4. The van der Waals surface area contributed by atoms with Crippen molar-refractivity contribution in [3.8, 4) is 17.2 Å². The van der Waals surface area contributed by atoms with Gasteiger partial charge in [0.25, 0.3) is 0 Å². The number of piperidine rings is 2. The molecule has 2 aromatic rings. The van der Waals surface area contributed by atoms with Crippen LogP contribution >= 0.6 is 0 Å². The van der Waals surface area contributed by atoms with Gasteiger partial charge in [-0.3, -0.25) is 14.5 Å². The smallest absolute Gasteiger partial charge is 0.411 e. The Labute approximate surface area is 247 Å². The molecule has 1 saturated carbocycles. The molecule has 3 aliphatic heterocycles. The van der Waals surface area contributed by atoms with Gasteiger partial charge in [-0.1, -0.05) is 36.4 Å². The van der Waals surface area contributed by atoms with E-state index in [-0.39, 0.29) is 23.8 Å². The number of anilines is 1. The Kier molecular flexibility index (Phi) is 8.55. The number of hydrogen-bond acceptors (Lipinski definition) is 6. The van der Waals surface area contributed by atoms with Crippen LogP contribution in [0.1, 0.15) is 57.6 Å². The molecule has 0 aromatic heterocycles. The lowest BCUT2D eigenvalue weighted by atomic mass is 9.74. The fourth-order valence-electron chi connectivity index (χ4n) is 6.49. The van der Waals surface area contributed by atoms with E-state index in [1.54, 1.807) is 16.9 Å².